The fourth-order valence-electron chi connectivity index (χ4n) is 1.49. The number of carbonyl (C=O) groups is 1. The Hall–Kier alpha value is -1.65. The Kier molecular flexibility index (Phi) is 4.71. The van der Waals surface area contributed by atoms with Crippen LogP contribution in [0.4, 0.5) is 11.4 Å². The summed E-state index contributed by atoms with van der Waals surface area (Å²) < 4.78 is 0. The Balaban J connectivity index is 1.93. The molecule has 0 aliphatic heterocycles. The molecule has 2 rings (SSSR count). The van der Waals surface area contributed by atoms with E-state index in [2.05, 4.69) is 5.32 Å². The summed E-state index contributed by atoms with van der Waals surface area (Å²) in [6, 6.07) is 14.7. The third kappa shape index (κ3) is 4.19. The number of nitrogens with two attached hydrogens (primary N) is 1. The highest BCUT2D eigenvalue weighted by atomic mass is 35.5. The zero-order valence-corrected chi connectivity index (χ0v) is 11.7. The van der Waals surface area contributed by atoms with Gasteiger partial charge in [0, 0.05) is 10.6 Å². The van der Waals surface area contributed by atoms with Crippen LogP contribution in [0.25, 0.3) is 0 Å². The van der Waals surface area contributed by atoms with Crippen molar-refractivity contribution < 1.29 is 4.79 Å². The van der Waals surface area contributed by atoms with E-state index in [-0.39, 0.29) is 5.91 Å². The van der Waals surface area contributed by atoms with Gasteiger partial charge in [0.05, 0.1) is 16.5 Å². The molecule has 0 aliphatic carbocycles. The van der Waals surface area contributed by atoms with E-state index >= 15 is 0 Å². The van der Waals surface area contributed by atoms with Crippen molar-refractivity contribution in [2.75, 3.05) is 16.8 Å². The summed E-state index contributed by atoms with van der Waals surface area (Å²) in [5.74, 6) is 0.219. The molecule has 0 bridgehead atoms. The lowest BCUT2D eigenvalue weighted by Gasteiger charge is -2.08. The maximum atomic E-state index is 11.8. The number of halogens is 1. The average molecular weight is 293 g/mol. The van der Waals surface area contributed by atoms with E-state index in [1.807, 2.05) is 30.3 Å². The van der Waals surface area contributed by atoms with Gasteiger partial charge >= 0.3 is 0 Å². The molecule has 0 spiro atoms. The molecule has 98 valence electrons. The molecule has 19 heavy (non-hydrogen) atoms. The Morgan fingerprint density at radius 2 is 1.95 bits per heavy atom. The summed E-state index contributed by atoms with van der Waals surface area (Å²) in [6.07, 6.45) is 0. The van der Waals surface area contributed by atoms with Crippen LogP contribution in [0, 0.1) is 0 Å². The maximum absolute atomic E-state index is 11.8. The summed E-state index contributed by atoms with van der Waals surface area (Å²) in [4.78, 5) is 12.9. The number of rotatable bonds is 4. The third-order valence-corrected chi connectivity index (χ3v) is 3.72. The van der Waals surface area contributed by atoms with E-state index in [0.29, 0.717) is 22.2 Å². The van der Waals surface area contributed by atoms with Crippen molar-refractivity contribution in [1.29, 1.82) is 0 Å². The normalized spacial score (nSPS) is 10.2. The summed E-state index contributed by atoms with van der Waals surface area (Å²) in [5, 5.41) is 3.23. The van der Waals surface area contributed by atoms with Gasteiger partial charge < -0.3 is 11.1 Å². The lowest BCUT2D eigenvalue weighted by atomic mass is 10.3. The molecule has 3 nitrogen and oxygen atoms in total. The highest BCUT2D eigenvalue weighted by molar-refractivity contribution is 8.00. The van der Waals surface area contributed by atoms with Gasteiger partial charge in [-0.3, -0.25) is 4.79 Å². The number of thioether (sulfide) groups is 1. The number of amides is 1. The Morgan fingerprint density at radius 3 is 2.68 bits per heavy atom. The van der Waals surface area contributed by atoms with E-state index in [4.69, 9.17) is 17.3 Å². The smallest absolute Gasteiger partial charge is 0.234 e. The van der Waals surface area contributed by atoms with E-state index in [0.717, 1.165) is 4.90 Å². The Labute approximate surface area is 121 Å². The van der Waals surface area contributed by atoms with E-state index in [1.54, 1.807) is 18.2 Å². The Bertz CT molecular complexity index is 575. The fourth-order valence-corrected chi connectivity index (χ4v) is 2.37. The number of hydrogen-bond acceptors (Lipinski definition) is 3. The topological polar surface area (TPSA) is 55.1 Å². The number of hydrogen-bond donors (Lipinski definition) is 2. The number of benzene rings is 2. The van der Waals surface area contributed by atoms with Crippen molar-refractivity contribution in [2.45, 2.75) is 4.90 Å². The van der Waals surface area contributed by atoms with Gasteiger partial charge in [0.2, 0.25) is 5.91 Å². The number of nitrogens with one attached hydrogen (secondary N) is 1. The predicted molar refractivity (Wildman–Crippen MR) is 81.7 cm³/mol. The van der Waals surface area contributed by atoms with Crippen LogP contribution in [0.2, 0.25) is 5.02 Å². The molecule has 0 aromatic heterocycles. The second-order valence-electron chi connectivity index (χ2n) is 3.89. The van der Waals surface area contributed by atoms with Crippen LogP contribution in [0.3, 0.4) is 0 Å². The molecule has 2 aromatic carbocycles. The predicted octanol–water partition coefficient (Wildman–Crippen LogP) is 3.65. The van der Waals surface area contributed by atoms with Crippen LogP contribution < -0.4 is 11.1 Å². The zero-order valence-electron chi connectivity index (χ0n) is 10.1. The molecule has 0 saturated carbocycles. The van der Waals surface area contributed by atoms with Gasteiger partial charge in [-0.2, -0.15) is 0 Å². The van der Waals surface area contributed by atoms with E-state index < -0.39 is 0 Å². The Morgan fingerprint density at radius 1 is 1.21 bits per heavy atom. The van der Waals surface area contributed by atoms with Crippen LogP contribution in [0.15, 0.2) is 53.4 Å². The molecule has 1 amide bonds. The first-order valence-corrected chi connectivity index (χ1v) is 7.04. The SMILES string of the molecule is Nc1ccc(Cl)c(NC(=O)CSc2ccccc2)c1. The molecule has 5 heteroatoms. The summed E-state index contributed by atoms with van der Waals surface area (Å²) in [5.41, 5.74) is 6.76. The molecule has 0 atom stereocenters. The summed E-state index contributed by atoms with van der Waals surface area (Å²) >= 11 is 7.45. The second-order valence-corrected chi connectivity index (χ2v) is 5.35. The zero-order chi connectivity index (χ0) is 13.7. The molecular formula is C14H13ClN2OS. The maximum Gasteiger partial charge on any atom is 0.234 e. The molecule has 0 fully saturated rings. The van der Waals surface area contributed by atoms with Crippen molar-refractivity contribution in [3.8, 4) is 0 Å². The van der Waals surface area contributed by atoms with Gasteiger partial charge in [-0.15, -0.1) is 11.8 Å². The lowest BCUT2D eigenvalue weighted by Crippen LogP contribution is -2.14. The molecule has 0 saturated heterocycles. The van der Waals surface area contributed by atoms with Crippen molar-refractivity contribution in [3.05, 3.63) is 53.6 Å². The van der Waals surface area contributed by atoms with Crippen molar-refractivity contribution >= 4 is 40.6 Å². The molecule has 0 unspecified atom stereocenters. The van der Waals surface area contributed by atoms with Crippen LogP contribution in [-0.4, -0.2) is 11.7 Å². The van der Waals surface area contributed by atoms with E-state index in [9.17, 15) is 4.79 Å². The van der Waals surface area contributed by atoms with Gasteiger partial charge in [-0.05, 0) is 30.3 Å². The molecule has 0 aliphatic rings. The second kappa shape index (κ2) is 6.50. The molecular weight excluding hydrogens is 280 g/mol. The van der Waals surface area contributed by atoms with Gasteiger partial charge in [0.15, 0.2) is 0 Å². The standard InChI is InChI=1S/C14H13ClN2OS/c15-12-7-6-10(16)8-13(12)17-14(18)9-19-11-4-2-1-3-5-11/h1-8H,9,16H2,(H,17,18). The molecule has 0 radical (unpaired) electrons. The van der Waals surface area contributed by atoms with E-state index in [1.165, 1.54) is 11.8 Å². The molecule has 2 aromatic rings. The first-order chi connectivity index (χ1) is 9.15. The van der Waals surface area contributed by atoms with Crippen molar-refractivity contribution in [3.63, 3.8) is 0 Å². The number of anilines is 2. The van der Waals surface area contributed by atoms with Crippen molar-refractivity contribution in [2.24, 2.45) is 0 Å². The largest absolute Gasteiger partial charge is 0.399 e. The van der Waals surface area contributed by atoms with Crippen LogP contribution in [-0.2, 0) is 4.79 Å². The molecule has 3 N–H and O–H groups in total. The van der Waals surface area contributed by atoms with Crippen LogP contribution in [0.1, 0.15) is 0 Å². The highest BCUT2D eigenvalue weighted by Crippen LogP contribution is 2.24. The van der Waals surface area contributed by atoms with Gasteiger partial charge in [0.1, 0.15) is 0 Å². The average Bonchev–Trinajstić information content (AvgIpc) is 2.42. The first kappa shape index (κ1) is 13.8. The number of carbonyl (C=O) groups excluding carboxylic acids is 1. The van der Waals surface area contributed by atoms with Gasteiger partial charge in [-0.25, -0.2) is 0 Å². The minimum atomic E-state index is -0.110. The first-order valence-electron chi connectivity index (χ1n) is 5.68. The summed E-state index contributed by atoms with van der Waals surface area (Å²) in [7, 11) is 0. The van der Waals surface area contributed by atoms with Gasteiger partial charge in [-0.1, -0.05) is 29.8 Å². The number of nitrogen functional groups attached to an aromatic ring is 1. The minimum absolute atomic E-state index is 0.110. The van der Waals surface area contributed by atoms with Crippen LogP contribution in [0.5, 0.6) is 0 Å². The quantitative estimate of drug-likeness (QED) is 0.668. The third-order valence-electron chi connectivity index (χ3n) is 2.38. The summed E-state index contributed by atoms with van der Waals surface area (Å²) in [6.45, 7) is 0. The van der Waals surface area contributed by atoms with Gasteiger partial charge in [0.25, 0.3) is 0 Å². The highest BCUT2D eigenvalue weighted by Gasteiger charge is 2.07. The van der Waals surface area contributed by atoms with Crippen LogP contribution >= 0.6 is 23.4 Å². The fraction of sp³-hybridized carbons (Fsp3) is 0.0714. The monoisotopic (exact) mass is 292 g/mol. The van der Waals surface area contributed by atoms with Crippen molar-refractivity contribution in [1.82, 2.24) is 0 Å². The lowest BCUT2D eigenvalue weighted by molar-refractivity contribution is -0.113. The molecule has 0 heterocycles. The minimum Gasteiger partial charge on any atom is -0.399 e.